The fourth-order valence-corrected chi connectivity index (χ4v) is 5.10. The Hall–Kier alpha value is -3.22. The van der Waals surface area contributed by atoms with Gasteiger partial charge in [-0.15, -0.1) is 11.3 Å². The summed E-state index contributed by atoms with van der Waals surface area (Å²) in [5.41, 5.74) is 9.84. The number of rotatable bonds is 8. The van der Waals surface area contributed by atoms with Crippen LogP contribution in [0.4, 0.5) is 0 Å². The summed E-state index contributed by atoms with van der Waals surface area (Å²) in [7, 11) is 0. The molecule has 5 rings (SSSR count). The molecule has 4 N–H and O–H groups in total. The Balaban J connectivity index is 1.45. The van der Waals surface area contributed by atoms with Gasteiger partial charge in [-0.2, -0.15) is 0 Å². The number of hydrogen-bond acceptors (Lipinski definition) is 5. The smallest absolute Gasteiger partial charge is 0.122 e. The molecular weight excluding hydrogens is 416 g/mol. The van der Waals surface area contributed by atoms with Gasteiger partial charge in [-0.1, -0.05) is 48.5 Å². The maximum Gasteiger partial charge on any atom is 0.122 e. The Morgan fingerprint density at radius 2 is 1.94 bits per heavy atom. The van der Waals surface area contributed by atoms with Gasteiger partial charge < -0.3 is 15.8 Å². The van der Waals surface area contributed by atoms with Gasteiger partial charge in [0.2, 0.25) is 0 Å². The van der Waals surface area contributed by atoms with E-state index in [9.17, 15) is 0 Å². The summed E-state index contributed by atoms with van der Waals surface area (Å²) < 4.78 is 7.15. The molecule has 1 aliphatic rings. The first-order valence-electron chi connectivity index (χ1n) is 10.9. The highest BCUT2D eigenvalue weighted by Gasteiger charge is 2.21. The molecule has 1 fully saturated rings. The van der Waals surface area contributed by atoms with Crippen LogP contribution < -0.4 is 15.8 Å². The van der Waals surface area contributed by atoms with E-state index in [-0.39, 0.29) is 11.8 Å². The molecule has 3 aromatic carbocycles. The lowest BCUT2D eigenvalue weighted by atomic mass is 9.92. The van der Waals surface area contributed by atoms with Crippen LogP contribution in [0.2, 0.25) is 0 Å². The Kier molecular flexibility index (Phi) is 5.88. The van der Waals surface area contributed by atoms with Crippen molar-refractivity contribution in [3.63, 3.8) is 0 Å². The molecule has 0 saturated carbocycles. The van der Waals surface area contributed by atoms with Crippen molar-refractivity contribution in [2.75, 3.05) is 19.7 Å². The quantitative estimate of drug-likeness (QED) is 0.276. The van der Waals surface area contributed by atoms with Crippen LogP contribution >= 0.6 is 11.3 Å². The second-order valence-electron chi connectivity index (χ2n) is 8.30. The highest BCUT2D eigenvalue weighted by atomic mass is 32.1. The normalized spacial score (nSPS) is 14.8. The molecule has 1 aromatic heterocycles. The summed E-state index contributed by atoms with van der Waals surface area (Å²) in [5, 5.41) is 12.1. The van der Waals surface area contributed by atoms with Crippen LogP contribution in [0.5, 0.6) is 5.75 Å². The zero-order chi connectivity index (χ0) is 21.9. The number of amidine groups is 1. The van der Waals surface area contributed by atoms with Crippen LogP contribution in [-0.4, -0.2) is 30.5 Å². The fraction of sp³-hybridized carbons (Fsp3) is 0.231. The summed E-state index contributed by atoms with van der Waals surface area (Å²) in [6.45, 7) is 2.83. The predicted molar refractivity (Wildman–Crippen MR) is 131 cm³/mol. The molecule has 1 unspecified atom stereocenters. The van der Waals surface area contributed by atoms with Crippen molar-refractivity contribution in [2.45, 2.75) is 12.3 Å². The lowest BCUT2D eigenvalue weighted by Gasteiger charge is -2.26. The molecular formula is C26H26N4OS. The Morgan fingerprint density at radius 1 is 1.09 bits per heavy atom. The standard InChI is InChI=1S/C26H26N4OS/c27-25(28)20-8-4-5-17(11-20)12-22(19-6-2-1-3-7-19)26-30-23-10-9-21(13-24(23)32-26)31-16-18-14-29-15-18/h1-11,13,18,22,29H,12,14-16H2,(H3,27,28). The van der Waals surface area contributed by atoms with Gasteiger partial charge >= 0.3 is 0 Å². The minimum absolute atomic E-state index is 0.0910. The minimum atomic E-state index is 0.0910. The van der Waals surface area contributed by atoms with Gasteiger partial charge in [0.15, 0.2) is 0 Å². The van der Waals surface area contributed by atoms with Crippen LogP contribution in [0.1, 0.15) is 27.6 Å². The maximum absolute atomic E-state index is 7.76. The van der Waals surface area contributed by atoms with Gasteiger partial charge in [-0.05, 0) is 41.8 Å². The van der Waals surface area contributed by atoms with Crippen LogP contribution in [0.15, 0.2) is 72.8 Å². The van der Waals surface area contributed by atoms with E-state index in [1.165, 1.54) is 5.56 Å². The first kappa shape index (κ1) is 20.7. The second kappa shape index (κ2) is 9.10. The summed E-state index contributed by atoms with van der Waals surface area (Å²) in [5.74, 6) is 1.73. The first-order valence-corrected chi connectivity index (χ1v) is 11.7. The lowest BCUT2D eigenvalue weighted by Crippen LogP contribution is -2.45. The second-order valence-corrected chi connectivity index (χ2v) is 9.36. The third kappa shape index (κ3) is 4.52. The number of nitrogen functional groups attached to an aromatic ring is 1. The highest BCUT2D eigenvalue weighted by Crippen LogP contribution is 2.35. The maximum atomic E-state index is 7.76. The van der Waals surface area contributed by atoms with E-state index in [4.69, 9.17) is 20.9 Å². The first-order chi connectivity index (χ1) is 15.7. The number of nitrogens with zero attached hydrogens (tertiary/aromatic N) is 1. The summed E-state index contributed by atoms with van der Waals surface area (Å²) in [6.07, 6.45) is 0.795. The van der Waals surface area contributed by atoms with E-state index in [0.29, 0.717) is 5.92 Å². The molecule has 1 atom stereocenters. The number of hydrogen-bond donors (Lipinski definition) is 3. The Labute approximate surface area is 191 Å². The number of fused-ring (bicyclic) bond motifs is 1. The van der Waals surface area contributed by atoms with Crippen LogP contribution in [0.3, 0.4) is 0 Å². The molecule has 0 aliphatic carbocycles. The molecule has 32 heavy (non-hydrogen) atoms. The molecule has 0 amide bonds. The molecule has 2 heterocycles. The predicted octanol–water partition coefficient (Wildman–Crippen LogP) is 4.55. The van der Waals surface area contributed by atoms with Crippen molar-refractivity contribution in [2.24, 2.45) is 11.7 Å². The van der Waals surface area contributed by atoms with E-state index < -0.39 is 0 Å². The van der Waals surface area contributed by atoms with Crippen LogP contribution in [0.25, 0.3) is 10.2 Å². The minimum Gasteiger partial charge on any atom is -0.493 e. The summed E-state index contributed by atoms with van der Waals surface area (Å²) in [6, 6.07) is 24.6. The molecule has 0 spiro atoms. The molecule has 5 nitrogen and oxygen atoms in total. The largest absolute Gasteiger partial charge is 0.493 e. The van der Waals surface area contributed by atoms with Crippen LogP contribution in [0, 0.1) is 11.3 Å². The monoisotopic (exact) mass is 442 g/mol. The van der Waals surface area contributed by atoms with Gasteiger partial charge in [0.25, 0.3) is 0 Å². The van der Waals surface area contributed by atoms with Crippen LogP contribution in [-0.2, 0) is 6.42 Å². The number of ether oxygens (including phenoxy) is 1. The molecule has 4 aromatic rings. The van der Waals surface area contributed by atoms with Gasteiger partial charge in [0, 0.05) is 30.5 Å². The fourth-order valence-electron chi connectivity index (χ4n) is 3.98. The van der Waals surface area contributed by atoms with Crippen molar-refractivity contribution in [3.05, 3.63) is 94.5 Å². The molecule has 6 heteroatoms. The Morgan fingerprint density at radius 3 is 2.69 bits per heavy atom. The zero-order valence-corrected chi connectivity index (χ0v) is 18.6. The van der Waals surface area contributed by atoms with E-state index in [0.717, 1.165) is 58.2 Å². The van der Waals surface area contributed by atoms with Gasteiger partial charge in [-0.25, -0.2) is 4.98 Å². The lowest BCUT2D eigenvalue weighted by molar-refractivity contribution is 0.199. The van der Waals surface area contributed by atoms with E-state index >= 15 is 0 Å². The van der Waals surface area contributed by atoms with E-state index in [1.54, 1.807) is 11.3 Å². The van der Waals surface area contributed by atoms with Crippen molar-refractivity contribution in [3.8, 4) is 5.75 Å². The SMILES string of the molecule is N=C(N)c1cccc(CC(c2ccccc2)c2nc3ccc(OCC4CNC4)cc3s2)c1. The summed E-state index contributed by atoms with van der Waals surface area (Å²) >= 11 is 1.73. The zero-order valence-electron chi connectivity index (χ0n) is 17.8. The molecule has 162 valence electrons. The number of benzene rings is 3. The average Bonchev–Trinajstić information content (AvgIpc) is 3.20. The van der Waals surface area contributed by atoms with Crippen molar-refractivity contribution in [1.29, 1.82) is 5.41 Å². The number of thiazole rings is 1. The molecule has 1 saturated heterocycles. The average molecular weight is 443 g/mol. The Bertz CT molecular complexity index is 1230. The van der Waals surface area contributed by atoms with E-state index in [2.05, 4.69) is 47.8 Å². The number of nitrogens with two attached hydrogens (primary N) is 1. The number of nitrogens with one attached hydrogen (secondary N) is 2. The molecule has 0 bridgehead atoms. The van der Waals surface area contributed by atoms with Crippen molar-refractivity contribution in [1.82, 2.24) is 10.3 Å². The van der Waals surface area contributed by atoms with Crippen molar-refractivity contribution < 1.29 is 4.74 Å². The molecule has 0 radical (unpaired) electrons. The highest BCUT2D eigenvalue weighted by molar-refractivity contribution is 7.18. The van der Waals surface area contributed by atoms with Gasteiger partial charge in [0.05, 0.1) is 16.8 Å². The van der Waals surface area contributed by atoms with Crippen molar-refractivity contribution >= 4 is 27.4 Å². The van der Waals surface area contributed by atoms with E-state index in [1.807, 2.05) is 30.3 Å². The van der Waals surface area contributed by atoms with Gasteiger partial charge in [0.1, 0.15) is 16.6 Å². The third-order valence-corrected chi connectivity index (χ3v) is 7.04. The number of aromatic nitrogens is 1. The third-order valence-electron chi connectivity index (χ3n) is 5.91. The van der Waals surface area contributed by atoms with Gasteiger partial charge in [-0.3, -0.25) is 5.41 Å². The molecule has 1 aliphatic heterocycles. The topological polar surface area (TPSA) is 84.0 Å². The summed E-state index contributed by atoms with van der Waals surface area (Å²) in [4.78, 5) is 4.99.